The Morgan fingerprint density at radius 3 is 2.71 bits per heavy atom. The lowest BCUT2D eigenvalue weighted by Gasteiger charge is -2.12. The first kappa shape index (κ1) is 18.1. The van der Waals surface area contributed by atoms with Gasteiger partial charge in [0.15, 0.2) is 0 Å². The summed E-state index contributed by atoms with van der Waals surface area (Å²) in [7, 11) is 1.68. The third kappa shape index (κ3) is 3.01. The fourth-order valence-electron chi connectivity index (χ4n) is 3.91. The highest BCUT2D eigenvalue weighted by molar-refractivity contribution is 6.17. The summed E-state index contributed by atoms with van der Waals surface area (Å²) in [5.74, 6) is 0.422. The Labute approximate surface area is 164 Å². The summed E-state index contributed by atoms with van der Waals surface area (Å²) in [5, 5.41) is 1.79. The van der Waals surface area contributed by atoms with Crippen LogP contribution in [0.1, 0.15) is 34.8 Å². The molecule has 1 radical (unpaired) electrons. The molecule has 4 nitrogen and oxygen atoms in total. The molecule has 0 aliphatic heterocycles. The van der Waals surface area contributed by atoms with Crippen molar-refractivity contribution in [2.45, 2.75) is 26.3 Å². The normalized spacial score (nSPS) is 11.2. The van der Waals surface area contributed by atoms with Crippen LogP contribution in [0.15, 0.2) is 54.6 Å². The number of aryl methyl sites for hydroxylation is 1. The largest absolute Gasteiger partial charge is 0.496 e. The molecule has 0 saturated carbocycles. The number of nitrogens with two attached hydrogens (primary N) is 1. The molecule has 0 unspecified atom stereocenters. The summed E-state index contributed by atoms with van der Waals surface area (Å²) in [4.78, 5) is 12.1. The first-order valence-corrected chi connectivity index (χ1v) is 9.51. The lowest BCUT2D eigenvalue weighted by Crippen LogP contribution is -2.11. The topological polar surface area (TPSA) is 57.2 Å². The fourth-order valence-corrected chi connectivity index (χ4v) is 3.91. The van der Waals surface area contributed by atoms with Gasteiger partial charge in [-0.05, 0) is 42.3 Å². The van der Waals surface area contributed by atoms with Gasteiger partial charge in [0.2, 0.25) is 5.91 Å². The van der Waals surface area contributed by atoms with Crippen molar-refractivity contribution >= 4 is 27.7 Å². The van der Waals surface area contributed by atoms with Crippen molar-refractivity contribution in [1.29, 1.82) is 0 Å². The van der Waals surface area contributed by atoms with E-state index in [1.54, 1.807) is 13.2 Å². The maximum absolute atomic E-state index is 12.1. The van der Waals surface area contributed by atoms with Gasteiger partial charge in [0.25, 0.3) is 0 Å². The molecular weight excluding hydrogens is 348 g/mol. The minimum Gasteiger partial charge on any atom is -0.496 e. The van der Waals surface area contributed by atoms with Crippen molar-refractivity contribution in [1.82, 2.24) is 4.57 Å². The smallest absolute Gasteiger partial charge is 0.249 e. The second-order valence-corrected chi connectivity index (χ2v) is 6.98. The van der Waals surface area contributed by atoms with E-state index in [-0.39, 0.29) is 0 Å². The minimum absolute atomic E-state index is 0.423. The van der Waals surface area contributed by atoms with Gasteiger partial charge < -0.3 is 15.0 Å². The molecule has 4 heteroatoms. The number of carbonyl (C=O) groups excluding carboxylic acids is 1. The average molecular weight is 371 g/mol. The van der Waals surface area contributed by atoms with Gasteiger partial charge in [0.1, 0.15) is 5.75 Å². The standard InChI is InChI=1S/C24H23N2O2/c1-3-7-16-12-13-18-21(14-16)26(15-17-8-4-5-11-22(17)28-2)20-10-6-9-19(23(18)20)24(25)27/h4-6,8-12,14H,3,7,15H2,1-2H3,(H2,25,27). The molecule has 28 heavy (non-hydrogen) atoms. The summed E-state index contributed by atoms with van der Waals surface area (Å²) in [5.41, 5.74) is 10.5. The van der Waals surface area contributed by atoms with Crippen LogP contribution in [0.25, 0.3) is 21.8 Å². The van der Waals surface area contributed by atoms with Gasteiger partial charge in [-0.2, -0.15) is 0 Å². The van der Waals surface area contributed by atoms with E-state index in [0.717, 1.165) is 46.0 Å². The molecule has 0 aliphatic carbocycles. The summed E-state index contributed by atoms with van der Waals surface area (Å²) in [6, 6.07) is 21.3. The molecule has 0 bridgehead atoms. The van der Waals surface area contributed by atoms with E-state index >= 15 is 0 Å². The lowest BCUT2D eigenvalue weighted by molar-refractivity contribution is 0.100. The van der Waals surface area contributed by atoms with Crippen molar-refractivity contribution in [3.63, 3.8) is 0 Å². The van der Waals surface area contributed by atoms with Gasteiger partial charge in [0, 0.05) is 21.9 Å². The monoisotopic (exact) mass is 371 g/mol. The first-order chi connectivity index (χ1) is 13.6. The molecule has 141 valence electrons. The Hall–Kier alpha value is -3.27. The number of nitrogens with zero attached hydrogens (tertiary/aromatic N) is 1. The van der Waals surface area contributed by atoms with Gasteiger partial charge >= 0.3 is 0 Å². The Morgan fingerprint density at radius 2 is 1.96 bits per heavy atom. The number of rotatable bonds is 6. The highest BCUT2D eigenvalue weighted by Crippen LogP contribution is 2.33. The van der Waals surface area contributed by atoms with Crippen molar-refractivity contribution in [3.05, 3.63) is 77.4 Å². The van der Waals surface area contributed by atoms with Crippen LogP contribution in [-0.4, -0.2) is 17.6 Å². The molecule has 4 aromatic rings. The zero-order valence-electron chi connectivity index (χ0n) is 16.2. The second-order valence-electron chi connectivity index (χ2n) is 6.98. The predicted molar refractivity (Wildman–Crippen MR) is 113 cm³/mol. The van der Waals surface area contributed by atoms with E-state index in [2.05, 4.69) is 29.7 Å². The van der Waals surface area contributed by atoms with Crippen LogP contribution in [-0.2, 0) is 13.0 Å². The molecule has 0 saturated heterocycles. The van der Waals surface area contributed by atoms with Gasteiger partial charge in [-0.15, -0.1) is 0 Å². The first-order valence-electron chi connectivity index (χ1n) is 9.51. The van der Waals surface area contributed by atoms with Crippen molar-refractivity contribution in [2.24, 2.45) is 5.73 Å². The molecule has 1 heterocycles. The summed E-state index contributed by atoms with van der Waals surface area (Å²) in [6.45, 7) is 2.80. The van der Waals surface area contributed by atoms with Crippen molar-refractivity contribution in [3.8, 4) is 5.75 Å². The van der Waals surface area contributed by atoms with Gasteiger partial charge in [-0.3, -0.25) is 4.79 Å². The van der Waals surface area contributed by atoms with Crippen molar-refractivity contribution < 1.29 is 9.53 Å². The number of carbonyl (C=O) groups is 1. The van der Waals surface area contributed by atoms with E-state index in [9.17, 15) is 4.79 Å². The number of amides is 1. The number of hydrogen-bond donors (Lipinski definition) is 1. The number of benzene rings is 3. The number of hydrogen-bond acceptors (Lipinski definition) is 2. The molecule has 1 aromatic heterocycles. The number of ether oxygens (including phenoxy) is 1. The highest BCUT2D eigenvalue weighted by Gasteiger charge is 2.18. The average Bonchev–Trinajstić information content (AvgIpc) is 3.02. The minimum atomic E-state index is -0.423. The van der Waals surface area contributed by atoms with E-state index < -0.39 is 5.91 Å². The zero-order chi connectivity index (χ0) is 19.7. The van der Waals surface area contributed by atoms with Crippen LogP contribution in [0, 0.1) is 6.07 Å². The Morgan fingerprint density at radius 1 is 1.14 bits per heavy atom. The van der Waals surface area contributed by atoms with Crippen LogP contribution in [0.2, 0.25) is 0 Å². The van der Waals surface area contributed by atoms with Crippen LogP contribution >= 0.6 is 0 Å². The summed E-state index contributed by atoms with van der Waals surface area (Å²) >= 11 is 0. The molecule has 0 spiro atoms. The molecule has 2 N–H and O–H groups in total. The van der Waals surface area contributed by atoms with E-state index in [1.165, 1.54) is 5.56 Å². The number of para-hydroxylation sites is 1. The number of methoxy groups -OCH3 is 1. The predicted octanol–water partition coefficient (Wildman–Crippen LogP) is 4.70. The Kier molecular flexibility index (Phi) is 4.78. The van der Waals surface area contributed by atoms with Gasteiger partial charge in [0.05, 0.1) is 24.7 Å². The summed E-state index contributed by atoms with van der Waals surface area (Å²) in [6.07, 6.45) is 2.06. The van der Waals surface area contributed by atoms with Crippen LogP contribution in [0.3, 0.4) is 0 Å². The Balaban J connectivity index is 2.02. The molecule has 0 atom stereocenters. The SMILES string of the molecule is CCCc1c[c]c2c3c(C(N)=O)cccc3n(Cc3ccccc3OC)c2c1. The summed E-state index contributed by atoms with van der Waals surface area (Å²) < 4.78 is 7.77. The number of primary amides is 1. The maximum Gasteiger partial charge on any atom is 0.249 e. The van der Waals surface area contributed by atoms with Gasteiger partial charge in [-0.1, -0.05) is 43.7 Å². The van der Waals surface area contributed by atoms with E-state index in [1.807, 2.05) is 36.4 Å². The number of fused-ring (bicyclic) bond motifs is 3. The molecule has 1 amide bonds. The zero-order valence-corrected chi connectivity index (χ0v) is 16.2. The van der Waals surface area contributed by atoms with Crippen LogP contribution in [0.5, 0.6) is 5.75 Å². The van der Waals surface area contributed by atoms with Crippen LogP contribution in [0.4, 0.5) is 0 Å². The fraction of sp³-hybridized carbons (Fsp3) is 0.208. The van der Waals surface area contributed by atoms with E-state index in [4.69, 9.17) is 10.5 Å². The van der Waals surface area contributed by atoms with Crippen LogP contribution < -0.4 is 10.5 Å². The maximum atomic E-state index is 12.1. The van der Waals surface area contributed by atoms with Crippen molar-refractivity contribution in [2.75, 3.05) is 7.11 Å². The highest BCUT2D eigenvalue weighted by atomic mass is 16.5. The van der Waals surface area contributed by atoms with E-state index in [0.29, 0.717) is 12.1 Å². The molecule has 3 aromatic carbocycles. The molecular formula is C24H23N2O2. The quantitative estimate of drug-likeness (QED) is 0.534. The molecule has 4 rings (SSSR count). The molecule has 0 aliphatic rings. The lowest BCUT2D eigenvalue weighted by atomic mass is 10.0. The molecule has 0 fully saturated rings. The third-order valence-corrected chi connectivity index (χ3v) is 5.18. The Bertz CT molecular complexity index is 1170. The third-order valence-electron chi connectivity index (χ3n) is 5.18. The number of aromatic nitrogens is 1. The van der Waals surface area contributed by atoms with Gasteiger partial charge in [-0.25, -0.2) is 0 Å². The second kappa shape index (κ2) is 7.39.